The Morgan fingerprint density at radius 2 is 1.57 bits per heavy atom. The Labute approximate surface area is 227 Å². The predicted molar refractivity (Wildman–Crippen MR) is 159 cm³/mol. The number of fused-ring (bicyclic) bond motifs is 1. The number of hydrogen-bond donors (Lipinski definition) is 1. The molecule has 0 radical (unpaired) electrons. The van der Waals surface area contributed by atoms with Gasteiger partial charge < -0.3 is 14.8 Å². The molecule has 0 amide bonds. The maximum absolute atomic E-state index is 5.36. The van der Waals surface area contributed by atoms with Gasteiger partial charge in [0.15, 0.2) is 0 Å². The highest BCUT2D eigenvalue weighted by molar-refractivity contribution is 7.99. The summed E-state index contributed by atoms with van der Waals surface area (Å²) in [6.45, 7) is 11.3. The van der Waals surface area contributed by atoms with Gasteiger partial charge in [-0.2, -0.15) is 11.8 Å². The number of aromatic nitrogens is 2. The van der Waals surface area contributed by atoms with Crippen LogP contribution in [-0.4, -0.2) is 71.3 Å². The first kappa shape index (κ1) is 25.3. The van der Waals surface area contributed by atoms with Crippen molar-refractivity contribution in [3.63, 3.8) is 0 Å². The molecular weight excluding hydrogens is 474 g/mol. The van der Waals surface area contributed by atoms with Gasteiger partial charge >= 0.3 is 0 Å². The molecule has 37 heavy (non-hydrogen) atoms. The Balaban J connectivity index is 1.33. The van der Waals surface area contributed by atoms with Crippen LogP contribution < -0.4 is 10.2 Å². The summed E-state index contributed by atoms with van der Waals surface area (Å²) in [6, 6.07) is 14.9. The number of thioether (sulfide) groups is 1. The fraction of sp³-hybridized carbons (Fsp3) is 0.581. The molecule has 1 N–H and O–H groups in total. The van der Waals surface area contributed by atoms with E-state index in [1.165, 1.54) is 76.4 Å². The van der Waals surface area contributed by atoms with Crippen LogP contribution in [0.4, 0.5) is 5.69 Å². The van der Waals surface area contributed by atoms with Crippen LogP contribution >= 0.6 is 11.8 Å². The third-order valence-corrected chi connectivity index (χ3v) is 10.1. The number of imidazole rings is 1. The third-order valence-electron chi connectivity index (χ3n) is 9.03. The predicted octanol–water partition coefficient (Wildman–Crippen LogP) is 5.85. The number of piperidine rings is 1. The molecule has 0 bridgehead atoms. The Hall–Kier alpha value is -2.02. The number of nitrogens with one attached hydrogen (secondary N) is 1. The zero-order valence-electron chi connectivity index (χ0n) is 22.9. The van der Waals surface area contributed by atoms with Crippen LogP contribution in [0.1, 0.15) is 62.8 Å². The largest absolute Gasteiger partial charge is 0.369 e. The molecule has 1 aromatic heterocycles. The number of aryl methyl sites for hydroxylation is 1. The Bertz CT molecular complexity index is 1200. The highest BCUT2D eigenvalue weighted by atomic mass is 32.2. The summed E-state index contributed by atoms with van der Waals surface area (Å²) in [7, 11) is 2.25. The van der Waals surface area contributed by atoms with E-state index in [2.05, 4.69) is 88.7 Å². The SMILES string of the molecule is CC(C)N1CCN(c2ccc(-c3cc(C4CCNCC4)c4nc(C5CCSCC5)n(C)c4c3)cc2)CC1. The van der Waals surface area contributed by atoms with Crippen LogP contribution in [0.25, 0.3) is 22.2 Å². The highest BCUT2D eigenvalue weighted by Crippen LogP contribution is 2.39. The molecule has 3 aliphatic heterocycles. The number of benzene rings is 2. The Morgan fingerprint density at radius 3 is 2.24 bits per heavy atom. The van der Waals surface area contributed by atoms with Crippen LogP contribution in [0.3, 0.4) is 0 Å². The van der Waals surface area contributed by atoms with Gasteiger partial charge in [0.25, 0.3) is 0 Å². The maximum Gasteiger partial charge on any atom is 0.112 e. The lowest BCUT2D eigenvalue weighted by molar-refractivity contribution is 0.209. The van der Waals surface area contributed by atoms with E-state index >= 15 is 0 Å². The fourth-order valence-electron chi connectivity index (χ4n) is 6.62. The number of rotatable bonds is 5. The Morgan fingerprint density at radius 1 is 0.865 bits per heavy atom. The van der Waals surface area contributed by atoms with Crippen LogP contribution in [0.2, 0.25) is 0 Å². The molecule has 3 aromatic rings. The van der Waals surface area contributed by atoms with Gasteiger partial charge in [0.1, 0.15) is 5.82 Å². The highest BCUT2D eigenvalue weighted by Gasteiger charge is 2.26. The molecular formula is C31H43N5S. The quantitative estimate of drug-likeness (QED) is 0.460. The second kappa shape index (κ2) is 11.0. The molecule has 0 spiro atoms. The van der Waals surface area contributed by atoms with Crippen molar-refractivity contribution in [1.29, 1.82) is 0 Å². The zero-order chi connectivity index (χ0) is 25.4. The van der Waals surface area contributed by atoms with E-state index in [-0.39, 0.29) is 0 Å². The van der Waals surface area contributed by atoms with Crippen LogP contribution in [-0.2, 0) is 7.05 Å². The fourth-order valence-corrected chi connectivity index (χ4v) is 7.73. The molecule has 2 aromatic carbocycles. The van der Waals surface area contributed by atoms with Crippen molar-refractivity contribution in [2.45, 2.75) is 57.4 Å². The summed E-state index contributed by atoms with van der Waals surface area (Å²) in [5, 5.41) is 3.56. The van der Waals surface area contributed by atoms with Crippen LogP contribution in [0.15, 0.2) is 36.4 Å². The lowest BCUT2D eigenvalue weighted by Crippen LogP contribution is -2.48. The summed E-state index contributed by atoms with van der Waals surface area (Å²) >= 11 is 2.09. The standard InChI is InChI=1S/C31H43N5S/c1-22(2)35-14-16-36(17-15-35)27-6-4-23(5-7-27)26-20-28(24-8-12-32-13-9-24)30-29(21-26)34(3)31(33-30)25-10-18-37-19-11-25/h4-7,20-22,24-25,32H,8-19H2,1-3H3. The molecule has 0 atom stereocenters. The summed E-state index contributed by atoms with van der Waals surface area (Å²) in [5.74, 6) is 5.01. The number of nitrogens with zero attached hydrogens (tertiary/aromatic N) is 4. The smallest absolute Gasteiger partial charge is 0.112 e. The van der Waals surface area contributed by atoms with Crippen LogP contribution in [0, 0.1) is 0 Å². The molecule has 3 saturated heterocycles. The molecule has 0 unspecified atom stereocenters. The van der Waals surface area contributed by atoms with Gasteiger partial charge in [-0.1, -0.05) is 12.1 Å². The van der Waals surface area contributed by atoms with E-state index in [0.717, 1.165) is 39.3 Å². The van der Waals surface area contributed by atoms with E-state index in [0.29, 0.717) is 17.9 Å². The molecule has 198 valence electrons. The zero-order valence-corrected chi connectivity index (χ0v) is 23.7. The molecule has 6 heteroatoms. The number of anilines is 1. The summed E-state index contributed by atoms with van der Waals surface area (Å²) in [5.41, 5.74) is 8.04. The number of hydrogen-bond acceptors (Lipinski definition) is 5. The number of piperazine rings is 1. The van der Waals surface area contributed by atoms with Crippen molar-refractivity contribution in [2.75, 3.05) is 55.7 Å². The van der Waals surface area contributed by atoms with Gasteiger partial charge in [-0.3, -0.25) is 4.90 Å². The molecule has 0 aliphatic carbocycles. The topological polar surface area (TPSA) is 36.3 Å². The first-order chi connectivity index (χ1) is 18.1. The second-order valence-corrected chi connectivity index (χ2v) is 12.8. The lowest BCUT2D eigenvalue weighted by atomic mass is 9.87. The third kappa shape index (κ3) is 5.17. The Kier molecular flexibility index (Phi) is 7.51. The minimum atomic E-state index is 0.588. The first-order valence-electron chi connectivity index (χ1n) is 14.5. The van der Waals surface area contributed by atoms with E-state index in [1.54, 1.807) is 0 Å². The second-order valence-electron chi connectivity index (χ2n) is 11.5. The van der Waals surface area contributed by atoms with Gasteiger partial charge in [0, 0.05) is 50.9 Å². The average molecular weight is 518 g/mol. The normalized spacial score (nSPS) is 20.8. The van der Waals surface area contributed by atoms with Crippen molar-refractivity contribution in [1.82, 2.24) is 19.8 Å². The summed E-state index contributed by atoms with van der Waals surface area (Å²) < 4.78 is 2.42. The van der Waals surface area contributed by atoms with E-state index in [1.807, 2.05) is 0 Å². The van der Waals surface area contributed by atoms with E-state index in [9.17, 15) is 0 Å². The van der Waals surface area contributed by atoms with Crippen molar-refractivity contribution in [3.8, 4) is 11.1 Å². The van der Waals surface area contributed by atoms with Gasteiger partial charge in [0.2, 0.25) is 0 Å². The van der Waals surface area contributed by atoms with Gasteiger partial charge in [-0.15, -0.1) is 0 Å². The molecule has 6 rings (SSSR count). The van der Waals surface area contributed by atoms with E-state index < -0.39 is 0 Å². The van der Waals surface area contributed by atoms with Crippen molar-refractivity contribution in [2.24, 2.45) is 7.05 Å². The molecule has 4 heterocycles. The molecule has 3 aliphatic rings. The maximum atomic E-state index is 5.36. The molecule has 3 fully saturated rings. The summed E-state index contributed by atoms with van der Waals surface area (Å²) in [4.78, 5) is 10.5. The monoisotopic (exact) mass is 517 g/mol. The summed E-state index contributed by atoms with van der Waals surface area (Å²) in [6.07, 6.45) is 4.91. The van der Waals surface area contributed by atoms with Crippen LogP contribution in [0.5, 0.6) is 0 Å². The van der Waals surface area contributed by atoms with E-state index in [4.69, 9.17) is 4.98 Å². The molecule has 5 nitrogen and oxygen atoms in total. The molecule has 0 saturated carbocycles. The average Bonchev–Trinajstić information content (AvgIpc) is 3.30. The minimum Gasteiger partial charge on any atom is -0.369 e. The lowest BCUT2D eigenvalue weighted by Gasteiger charge is -2.38. The van der Waals surface area contributed by atoms with Gasteiger partial charge in [-0.05, 0) is 111 Å². The van der Waals surface area contributed by atoms with Crippen molar-refractivity contribution < 1.29 is 0 Å². The minimum absolute atomic E-state index is 0.588. The van der Waals surface area contributed by atoms with Gasteiger partial charge in [-0.25, -0.2) is 4.98 Å². The first-order valence-corrected chi connectivity index (χ1v) is 15.6. The van der Waals surface area contributed by atoms with Crippen molar-refractivity contribution in [3.05, 3.63) is 47.8 Å². The van der Waals surface area contributed by atoms with Gasteiger partial charge in [0.05, 0.1) is 11.0 Å². The van der Waals surface area contributed by atoms with Crippen molar-refractivity contribution >= 4 is 28.5 Å².